The number of fused-ring (bicyclic) bond motifs is 1. The van der Waals surface area contributed by atoms with Crippen LogP contribution in [0.1, 0.15) is 28.9 Å². The van der Waals surface area contributed by atoms with E-state index in [1.54, 1.807) is 13.3 Å². The molecule has 2 aromatic heterocycles. The van der Waals surface area contributed by atoms with Crippen molar-refractivity contribution in [3.63, 3.8) is 0 Å². The molecule has 17 heavy (non-hydrogen) atoms. The summed E-state index contributed by atoms with van der Waals surface area (Å²) in [4.78, 5) is 22.7. The van der Waals surface area contributed by atoms with Crippen molar-refractivity contribution in [3.8, 4) is 0 Å². The van der Waals surface area contributed by atoms with Crippen molar-refractivity contribution in [3.05, 3.63) is 23.7 Å². The van der Waals surface area contributed by atoms with Crippen LogP contribution in [0.15, 0.2) is 12.4 Å². The first-order valence-electron chi connectivity index (χ1n) is 5.26. The van der Waals surface area contributed by atoms with Crippen LogP contribution in [-0.4, -0.2) is 34.6 Å². The third-order valence-corrected chi connectivity index (χ3v) is 2.59. The summed E-state index contributed by atoms with van der Waals surface area (Å²) < 4.78 is 5.06. The van der Waals surface area contributed by atoms with Gasteiger partial charge < -0.3 is 15.5 Å². The van der Waals surface area contributed by atoms with Gasteiger partial charge in [-0.15, -0.1) is 0 Å². The van der Waals surface area contributed by atoms with Gasteiger partial charge in [0.2, 0.25) is 0 Å². The summed E-state index contributed by atoms with van der Waals surface area (Å²) in [5.74, 6) is -0.394. The number of hydrogen-bond donors (Lipinski definition) is 2. The van der Waals surface area contributed by atoms with Crippen LogP contribution in [0.3, 0.4) is 0 Å². The molecule has 0 saturated carbocycles. The highest BCUT2D eigenvalue weighted by molar-refractivity contribution is 6.03. The van der Waals surface area contributed by atoms with Crippen LogP contribution >= 0.6 is 0 Å². The molecule has 0 radical (unpaired) electrons. The standard InChI is InChI=1S/C11H14N4O2/c1-6(5-17-2)8-4-14-11-9(15-8)7(3-13-11)10(12)16/h3-4,6H,5H2,1-2H3,(H2,12,16)(H,13,14)/t6-/m0/s1. The number of carbonyl (C=O) groups is 1. The summed E-state index contributed by atoms with van der Waals surface area (Å²) in [6.45, 7) is 2.53. The number of amides is 1. The van der Waals surface area contributed by atoms with Gasteiger partial charge in [-0.2, -0.15) is 0 Å². The van der Waals surface area contributed by atoms with Crippen LogP contribution in [-0.2, 0) is 4.74 Å². The molecule has 2 rings (SSSR count). The maximum atomic E-state index is 11.2. The third-order valence-electron chi connectivity index (χ3n) is 2.59. The zero-order chi connectivity index (χ0) is 12.4. The van der Waals surface area contributed by atoms with E-state index in [9.17, 15) is 4.79 Å². The van der Waals surface area contributed by atoms with E-state index in [4.69, 9.17) is 10.5 Å². The highest BCUT2D eigenvalue weighted by Crippen LogP contribution is 2.18. The number of nitrogens with one attached hydrogen (secondary N) is 1. The molecule has 3 N–H and O–H groups in total. The van der Waals surface area contributed by atoms with E-state index >= 15 is 0 Å². The minimum Gasteiger partial charge on any atom is -0.384 e. The molecular weight excluding hydrogens is 220 g/mol. The van der Waals surface area contributed by atoms with Gasteiger partial charge in [-0.1, -0.05) is 6.92 Å². The number of aromatic nitrogens is 3. The SMILES string of the molecule is COC[C@H](C)c1cnc2[nH]cc(C(N)=O)c2n1. The second kappa shape index (κ2) is 4.50. The van der Waals surface area contributed by atoms with Gasteiger partial charge in [-0.05, 0) is 0 Å². The Kier molecular flexibility index (Phi) is 3.06. The van der Waals surface area contributed by atoms with Crippen LogP contribution in [0.25, 0.3) is 11.2 Å². The number of nitrogens with two attached hydrogens (primary N) is 1. The van der Waals surface area contributed by atoms with Crippen molar-refractivity contribution in [2.75, 3.05) is 13.7 Å². The van der Waals surface area contributed by atoms with Gasteiger partial charge in [0, 0.05) is 19.2 Å². The molecule has 0 bridgehead atoms. The normalized spacial score (nSPS) is 12.8. The summed E-state index contributed by atoms with van der Waals surface area (Å²) in [6, 6.07) is 0. The maximum Gasteiger partial charge on any atom is 0.252 e. The fourth-order valence-corrected chi connectivity index (χ4v) is 1.67. The number of ether oxygens (including phenoxy) is 1. The van der Waals surface area contributed by atoms with Gasteiger partial charge in [0.05, 0.1) is 24.1 Å². The lowest BCUT2D eigenvalue weighted by Crippen LogP contribution is -2.11. The van der Waals surface area contributed by atoms with E-state index < -0.39 is 5.91 Å². The first kappa shape index (κ1) is 11.5. The van der Waals surface area contributed by atoms with E-state index in [0.717, 1.165) is 5.69 Å². The molecule has 0 aliphatic rings. The summed E-state index contributed by atoms with van der Waals surface area (Å²) in [5.41, 5.74) is 7.47. The second-order valence-electron chi connectivity index (χ2n) is 3.92. The number of hydrogen-bond acceptors (Lipinski definition) is 4. The number of H-pyrrole nitrogens is 1. The molecule has 0 aromatic carbocycles. The van der Waals surface area contributed by atoms with Crippen LogP contribution in [0.5, 0.6) is 0 Å². The molecule has 6 heteroatoms. The molecule has 2 aromatic rings. The average Bonchev–Trinajstić information content (AvgIpc) is 2.71. The molecular formula is C11H14N4O2. The second-order valence-corrected chi connectivity index (χ2v) is 3.92. The molecule has 0 fully saturated rings. The summed E-state index contributed by atoms with van der Waals surface area (Å²) >= 11 is 0. The van der Waals surface area contributed by atoms with Crippen LogP contribution < -0.4 is 5.73 Å². The maximum absolute atomic E-state index is 11.2. The number of methoxy groups -OCH3 is 1. The average molecular weight is 234 g/mol. The van der Waals surface area contributed by atoms with Gasteiger partial charge in [-0.3, -0.25) is 4.79 Å². The van der Waals surface area contributed by atoms with Crippen LogP contribution in [0.4, 0.5) is 0 Å². The van der Waals surface area contributed by atoms with Crippen molar-refractivity contribution < 1.29 is 9.53 Å². The van der Waals surface area contributed by atoms with Crippen LogP contribution in [0, 0.1) is 0 Å². The largest absolute Gasteiger partial charge is 0.384 e. The molecule has 0 unspecified atom stereocenters. The predicted octanol–water partition coefficient (Wildman–Crippen LogP) is 0.807. The zero-order valence-electron chi connectivity index (χ0n) is 9.73. The highest BCUT2D eigenvalue weighted by Gasteiger charge is 2.14. The van der Waals surface area contributed by atoms with E-state index in [1.807, 2.05) is 6.92 Å². The lowest BCUT2D eigenvalue weighted by atomic mass is 10.1. The number of nitrogens with zero attached hydrogens (tertiary/aromatic N) is 2. The molecule has 0 spiro atoms. The Hall–Kier alpha value is -1.95. The van der Waals surface area contributed by atoms with Crippen molar-refractivity contribution in [1.82, 2.24) is 15.0 Å². The Morgan fingerprint density at radius 2 is 2.41 bits per heavy atom. The Bertz CT molecular complexity index is 549. The Balaban J connectivity index is 2.47. The van der Waals surface area contributed by atoms with Crippen molar-refractivity contribution in [1.29, 1.82) is 0 Å². The molecule has 0 aliphatic heterocycles. The molecule has 2 heterocycles. The minimum absolute atomic E-state index is 0.118. The Morgan fingerprint density at radius 3 is 3.06 bits per heavy atom. The first-order chi connectivity index (χ1) is 8.13. The molecule has 1 atom stereocenters. The van der Waals surface area contributed by atoms with Crippen molar-refractivity contribution >= 4 is 17.1 Å². The van der Waals surface area contributed by atoms with Gasteiger partial charge in [0.25, 0.3) is 5.91 Å². The number of carbonyl (C=O) groups excluding carboxylic acids is 1. The quantitative estimate of drug-likeness (QED) is 0.818. The zero-order valence-corrected chi connectivity index (χ0v) is 9.73. The van der Waals surface area contributed by atoms with E-state index in [1.165, 1.54) is 6.20 Å². The fraction of sp³-hybridized carbons (Fsp3) is 0.364. The van der Waals surface area contributed by atoms with Gasteiger partial charge in [-0.25, -0.2) is 9.97 Å². The number of rotatable bonds is 4. The van der Waals surface area contributed by atoms with E-state index in [-0.39, 0.29) is 5.92 Å². The summed E-state index contributed by atoms with van der Waals surface area (Å²) in [5, 5.41) is 0. The summed E-state index contributed by atoms with van der Waals surface area (Å²) in [6.07, 6.45) is 3.20. The smallest absolute Gasteiger partial charge is 0.252 e. The van der Waals surface area contributed by atoms with Crippen LogP contribution in [0.2, 0.25) is 0 Å². The Morgan fingerprint density at radius 1 is 1.65 bits per heavy atom. The van der Waals surface area contributed by atoms with Crippen molar-refractivity contribution in [2.45, 2.75) is 12.8 Å². The predicted molar refractivity (Wildman–Crippen MR) is 62.7 cm³/mol. The lowest BCUT2D eigenvalue weighted by Gasteiger charge is -2.08. The molecule has 0 aliphatic carbocycles. The molecule has 6 nitrogen and oxygen atoms in total. The van der Waals surface area contributed by atoms with Gasteiger partial charge in [0.15, 0.2) is 5.65 Å². The first-order valence-corrected chi connectivity index (χ1v) is 5.26. The number of aromatic amines is 1. The Labute approximate surface area is 98.2 Å². The monoisotopic (exact) mass is 234 g/mol. The minimum atomic E-state index is -0.512. The van der Waals surface area contributed by atoms with E-state index in [2.05, 4.69) is 15.0 Å². The van der Waals surface area contributed by atoms with Gasteiger partial charge in [0.1, 0.15) is 5.52 Å². The topological polar surface area (TPSA) is 93.9 Å². The third kappa shape index (κ3) is 2.12. The molecule has 90 valence electrons. The number of primary amides is 1. The van der Waals surface area contributed by atoms with E-state index in [0.29, 0.717) is 23.3 Å². The lowest BCUT2D eigenvalue weighted by molar-refractivity contribution is 0.100. The highest BCUT2D eigenvalue weighted by atomic mass is 16.5. The summed E-state index contributed by atoms with van der Waals surface area (Å²) in [7, 11) is 1.63. The van der Waals surface area contributed by atoms with Gasteiger partial charge >= 0.3 is 0 Å². The van der Waals surface area contributed by atoms with Crippen molar-refractivity contribution in [2.24, 2.45) is 5.73 Å². The molecule has 0 saturated heterocycles. The fourth-order valence-electron chi connectivity index (χ4n) is 1.67. The molecule has 1 amide bonds.